The summed E-state index contributed by atoms with van der Waals surface area (Å²) in [6.07, 6.45) is 0. The maximum absolute atomic E-state index is 11.8. The first-order valence-corrected chi connectivity index (χ1v) is 11.5. The molecule has 0 saturated carbocycles. The number of nitrogens with one attached hydrogen (secondary N) is 1. The molecule has 1 fully saturated rings. The summed E-state index contributed by atoms with van der Waals surface area (Å²) >= 11 is 7.51. The molecule has 1 atom stereocenters. The molecule has 2 aromatic carbocycles. The van der Waals surface area contributed by atoms with Crippen molar-refractivity contribution in [2.75, 3.05) is 24.2 Å². The van der Waals surface area contributed by atoms with Gasteiger partial charge in [0.15, 0.2) is 5.11 Å². The molecule has 2 aromatic rings. The zero-order valence-electron chi connectivity index (χ0n) is 17.8. The molecule has 0 bridgehead atoms. The van der Waals surface area contributed by atoms with Gasteiger partial charge >= 0.3 is 5.97 Å². The van der Waals surface area contributed by atoms with Crippen molar-refractivity contribution in [2.45, 2.75) is 31.7 Å². The van der Waals surface area contributed by atoms with E-state index in [9.17, 15) is 9.90 Å². The average molecular weight is 455 g/mol. The van der Waals surface area contributed by atoms with Crippen molar-refractivity contribution in [1.82, 2.24) is 4.90 Å². The number of hydrogen-bond donors (Lipinski definition) is 2. The van der Waals surface area contributed by atoms with E-state index in [-0.39, 0.29) is 11.3 Å². The van der Waals surface area contributed by atoms with Crippen LogP contribution < -0.4 is 5.32 Å². The standard InChI is InChI=1S/C24H26N2O3S2/c1-4-29-22(27)19-9-11-20(12-10-19)25-23(30)26-15-16-31-21(26)18-7-5-17(6-8-18)13-14-24(2,3)28/h5-12,21,28H,4,15-16H2,1-3H3,(H,25,30)/t21-/m1/s1. The number of hydrogen-bond acceptors (Lipinski definition) is 5. The molecule has 0 amide bonds. The molecule has 0 aromatic heterocycles. The average Bonchev–Trinajstić information content (AvgIpc) is 3.23. The lowest BCUT2D eigenvalue weighted by Gasteiger charge is -2.27. The summed E-state index contributed by atoms with van der Waals surface area (Å²) in [5.41, 5.74) is 2.34. The van der Waals surface area contributed by atoms with Gasteiger partial charge in [0.05, 0.1) is 12.2 Å². The summed E-state index contributed by atoms with van der Waals surface area (Å²) in [7, 11) is 0. The van der Waals surface area contributed by atoms with Crippen LogP contribution in [0.25, 0.3) is 0 Å². The molecule has 5 nitrogen and oxygen atoms in total. The van der Waals surface area contributed by atoms with Crippen LogP contribution in [0.15, 0.2) is 48.5 Å². The predicted molar refractivity (Wildman–Crippen MR) is 130 cm³/mol. The summed E-state index contributed by atoms with van der Waals surface area (Å²) in [5, 5.41) is 13.8. The Bertz CT molecular complexity index is 987. The van der Waals surface area contributed by atoms with Crippen molar-refractivity contribution in [3.8, 4) is 11.8 Å². The first kappa shape index (κ1) is 23.1. The second kappa shape index (κ2) is 10.2. The van der Waals surface area contributed by atoms with Crippen LogP contribution in [0.1, 0.15) is 47.6 Å². The van der Waals surface area contributed by atoms with Crippen molar-refractivity contribution in [1.29, 1.82) is 0 Å². The van der Waals surface area contributed by atoms with Gasteiger partial charge in [-0.05, 0) is 75.0 Å². The van der Waals surface area contributed by atoms with Crippen LogP contribution in [0.5, 0.6) is 0 Å². The fraction of sp³-hybridized carbons (Fsp3) is 0.333. The molecule has 0 unspecified atom stereocenters. The molecule has 31 heavy (non-hydrogen) atoms. The minimum atomic E-state index is -1.01. The van der Waals surface area contributed by atoms with E-state index in [1.165, 1.54) is 0 Å². The maximum Gasteiger partial charge on any atom is 0.338 e. The Morgan fingerprint density at radius 3 is 2.55 bits per heavy atom. The lowest BCUT2D eigenvalue weighted by Crippen LogP contribution is -2.34. The van der Waals surface area contributed by atoms with Gasteiger partial charge in [0.2, 0.25) is 0 Å². The number of rotatable bonds is 4. The largest absolute Gasteiger partial charge is 0.462 e. The number of esters is 1. The number of carbonyl (C=O) groups is 1. The van der Waals surface area contributed by atoms with Gasteiger partial charge in [0, 0.05) is 23.5 Å². The van der Waals surface area contributed by atoms with E-state index in [0.29, 0.717) is 17.3 Å². The lowest BCUT2D eigenvalue weighted by atomic mass is 10.1. The van der Waals surface area contributed by atoms with Gasteiger partial charge in [0.25, 0.3) is 0 Å². The van der Waals surface area contributed by atoms with Crippen LogP contribution in [-0.4, -0.2) is 45.6 Å². The molecule has 2 N–H and O–H groups in total. The van der Waals surface area contributed by atoms with Crippen molar-refractivity contribution < 1.29 is 14.6 Å². The molecule has 0 spiro atoms. The summed E-state index contributed by atoms with van der Waals surface area (Å²) < 4.78 is 5.02. The molecule has 1 aliphatic rings. The summed E-state index contributed by atoms with van der Waals surface area (Å²) in [4.78, 5) is 14.0. The third-order valence-corrected chi connectivity index (χ3v) is 6.10. The Morgan fingerprint density at radius 1 is 1.26 bits per heavy atom. The molecular formula is C24H26N2O3S2. The molecule has 0 aliphatic carbocycles. The van der Waals surface area contributed by atoms with Crippen molar-refractivity contribution in [2.24, 2.45) is 0 Å². The van der Waals surface area contributed by atoms with Crippen LogP contribution in [0.4, 0.5) is 5.69 Å². The molecule has 1 saturated heterocycles. The Kier molecular flexibility index (Phi) is 7.60. The molecule has 1 heterocycles. The Balaban J connectivity index is 1.66. The van der Waals surface area contributed by atoms with Crippen LogP contribution in [0.2, 0.25) is 0 Å². The molecule has 1 aliphatic heterocycles. The monoisotopic (exact) mass is 454 g/mol. The van der Waals surface area contributed by atoms with Crippen molar-refractivity contribution in [3.05, 3.63) is 65.2 Å². The van der Waals surface area contributed by atoms with Gasteiger partial charge in [-0.3, -0.25) is 0 Å². The number of thiocarbonyl (C=S) groups is 1. The summed E-state index contributed by atoms with van der Waals surface area (Å²) in [6, 6.07) is 15.2. The first-order chi connectivity index (χ1) is 14.8. The zero-order chi connectivity index (χ0) is 22.4. The number of thioether (sulfide) groups is 1. The SMILES string of the molecule is CCOC(=O)c1ccc(NC(=S)N2CCS[C@@H]2c2ccc(C#CC(C)(C)O)cc2)cc1. The van der Waals surface area contributed by atoms with E-state index in [0.717, 1.165) is 29.1 Å². The van der Waals surface area contributed by atoms with E-state index < -0.39 is 5.60 Å². The van der Waals surface area contributed by atoms with Gasteiger partial charge in [-0.25, -0.2) is 4.79 Å². The summed E-state index contributed by atoms with van der Waals surface area (Å²) in [6.45, 7) is 6.32. The molecule has 3 rings (SSSR count). The maximum atomic E-state index is 11.8. The number of carbonyl (C=O) groups excluding carboxylic acids is 1. The quantitative estimate of drug-likeness (QED) is 0.403. The fourth-order valence-corrected chi connectivity index (χ4v) is 4.66. The second-order valence-electron chi connectivity index (χ2n) is 7.58. The Morgan fingerprint density at radius 2 is 1.94 bits per heavy atom. The smallest absolute Gasteiger partial charge is 0.338 e. The highest BCUT2D eigenvalue weighted by molar-refractivity contribution is 7.99. The predicted octanol–water partition coefficient (Wildman–Crippen LogP) is 4.43. The Hall–Kier alpha value is -2.53. The number of ether oxygens (including phenoxy) is 1. The lowest BCUT2D eigenvalue weighted by molar-refractivity contribution is 0.0526. The Labute approximate surface area is 193 Å². The summed E-state index contributed by atoms with van der Waals surface area (Å²) in [5.74, 6) is 6.48. The van der Waals surface area contributed by atoms with Gasteiger partial charge in [-0.1, -0.05) is 24.0 Å². The van der Waals surface area contributed by atoms with Crippen LogP contribution in [0.3, 0.4) is 0 Å². The number of nitrogens with zero attached hydrogens (tertiary/aromatic N) is 1. The third-order valence-electron chi connectivity index (χ3n) is 4.51. The first-order valence-electron chi connectivity index (χ1n) is 10.1. The fourth-order valence-electron chi connectivity index (χ4n) is 3.01. The van der Waals surface area contributed by atoms with Crippen LogP contribution >= 0.6 is 24.0 Å². The van der Waals surface area contributed by atoms with Gasteiger partial charge in [-0.2, -0.15) is 0 Å². The van der Waals surface area contributed by atoms with Crippen molar-refractivity contribution >= 4 is 40.7 Å². The molecular weight excluding hydrogens is 428 g/mol. The molecule has 0 radical (unpaired) electrons. The van der Waals surface area contributed by atoms with E-state index in [1.807, 2.05) is 36.0 Å². The highest BCUT2D eigenvalue weighted by Gasteiger charge is 2.28. The van der Waals surface area contributed by atoms with Crippen LogP contribution in [0, 0.1) is 11.8 Å². The molecule has 7 heteroatoms. The van der Waals surface area contributed by atoms with Gasteiger partial charge < -0.3 is 20.1 Å². The van der Waals surface area contributed by atoms with Crippen LogP contribution in [-0.2, 0) is 4.74 Å². The van der Waals surface area contributed by atoms with Gasteiger partial charge in [-0.15, -0.1) is 11.8 Å². The van der Waals surface area contributed by atoms with E-state index in [2.05, 4.69) is 34.2 Å². The van der Waals surface area contributed by atoms with E-state index in [4.69, 9.17) is 17.0 Å². The molecule has 162 valence electrons. The highest BCUT2D eigenvalue weighted by Crippen LogP contribution is 2.38. The third kappa shape index (κ3) is 6.47. The number of aliphatic hydroxyl groups is 1. The number of benzene rings is 2. The van der Waals surface area contributed by atoms with E-state index >= 15 is 0 Å². The second-order valence-corrected chi connectivity index (χ2v) is 9.15. The van der Waals surface area contributed by atoms with Gasteiger partial charge in [0.1, 0.15) is 11.0 Å². The van der Waals surface area contributed by atoms with E-state index in [1.54, 1.807) is 32.9 Å². The zero-order valence-corrected chi connectivity index (χ0v) is 19.5. The minimum absolute atomic E-state index is 0.120. The van der Waals surface area contributed by atoms with Crippen molar-refractivity contribution in [3.63, 3.8) is 0 Å². The topological polar surface area (TPSA) is 61.8 Å². The highest BCUT2D eigenvalue weighted by atomic mass is 32.2. The normalized spacial score (nSPS) is 15.7. The number of anilines is 1. The minimum Gasteiger partial charge on any atom is -0.462 e.